The molecule has 0 bridgehead atoms. The predicted molar refractivity (Wildman–Crippen MR) is 80.0 cm³/mol. The molecule has 4 heteroatoms. The molecule has 1 aromatic heterocycles. The number of nitrogens with two attached hydrogens (primary N) is 1. The Morgan fingerprint density at radius 2 is 2.05 bits per heavy atom. The summed E-state index contributed by atoms with van der Waals surface area (Å²) < 4.78 is 16.1. The van der Waals surface area contributed by atoms with Gasteiger partial charge in [-0.25, -0.2) is 4.39 Å². The van der Waals surface area contributed by atoms with Crippen LogP contribution in [-0.2, 0) is 13.1 Å². The van der Waals surface area contributed by atoms with E-state index in [-0.39, 0.29) is 5.56 Å². The molecule has 2 N–H and O–H groups in total. The Morgan fingerprint density at radius 3 is 2.81 bits per heavy atom. The van der Waals surface area contributed by atoms with E-state index in [0.717, 1.165) is 16.5 Å². The van der Waals surface area contributed by atoms with Crippen LogP contribution in [0, 0.1) is 17.1 Å². The van der Waals surface area contributed by atoms with Crippen molar-refractivity contribution in [3.63, 3.8) is 0 Å². The lowest BCUT2D eigenvalue weighted by Crippen LogP contribution is -2.02. The number of nitriles is 1. The van der Waals surface area contributed by atoms with Crippen LogP contribution in [0.4, 0.5) is 4.39 Å². The lowest BCUT2D eigenvalue weighted by atomic mass is 10.1. The average Bonchev–Trinajstić information content (AvgIpc) is 2.91. The molecule has 0 atom stereocenters. The van der Waals surface area contributed by atoms with Crippen LogP contribution in [-0.4, -0.2) is 4.57 Å². The molecule has 104 valence electrons. The first-order chi connectivity index (χ1) is 10.2. The average molecular weight is 279 g/mol. The van der Waals surface area contributed by atoms with Crippen LogP contribution in [0.3, 0.4) is 0 Å². The second kappa shape index (κ2) is 5.39. The second-order valence-corrected chi connectivity index (χ2v) is 4.93. The van der Waals surface area contributed by atoms with Crippen molar-refractivity contribution >= 4 is 10.9 Å². The van der Waals surface area contributed by atoms with Gasteiger partial charge < -0.3 is 10.3 Å². The largest absolute Gasteiger partial charge is 0.343 e. The van der Waals surface area contributed by atoms with Crippen molar-refractivity contribution in [1.29, 1.82) is 5.26 Å². The number of hydrogen-bond donors (Lipinski definition) is 1. The Bertz CT molecular complexity index is 843. The van der Waals surface area contributed by atoms with E-state index < -0.39 is 5.82 Å². The molecule has 0 amide bonds. The normalized spacial score (nSPS) is 10.7. The summed E-state index contributed by atoms with van der Waals surface area (Å²) in [7, 11) is 0. The molecule has 3 rings (SSSR count). The number of hydrogen-bond acceptors (Lipinski definition) is 2. The van der Waals surface area contributed by atoms with Gasteiger partial charge in [0, 0.05) is 23.8 Å². The molecule has 1 heterocycles. The predicted octanol–water partition coefficient (Wildman–Crippen LogP) is 3.16. The van der Waals surface area contributed by atoms with Crippen LogP contribution in [0.2, 0.25) is 0 Å². The zero-order valence-electron chi connectivity index (χ0n) is 11.4. The van der Waals surface area contributed by atoms with Gasteiger partial charge in [0.25, 0.3) is 0 Å². The highest BCUT2D eigenvalue weighted by molar-refractivity contribution is 5.81. The topological polar surface area (TPSA) is 54.7 Å². The minimum Gasteiger partial charge on any atom is -0.343 e. The van der Waals surface area contributed by atoms with Crippen LogP contribution in [0.1, 0.15) is 16.7 Å². The maximum absolute atomic E-state index is 14.1. The lowest BCUT2D eigenvalue weighted by Gasteiger charge is -2.08. The molecule has 0 saturated heterocycles. The first kappa shape index (κ1) is 13.3. The summed E-state index contributed by atoms with van der Waals surface area (Å²) in [6.07, 6.45) is 1.92. The van der Waals surface area contributed by atoms with Crippen LogP contribution in [0.5, 0.6) is 0 Å². The van der Waals surface area contributed by atoms with Gasteiger partial charge in [0.15, 0.2) is 0 Å². The maximum atomic E-state index is 14.1. The van der Waals surface area contributed by atoms with E-state index in [1.807, 2.05) is 41.1 Å². The molecule has 0 aliphatic rings. The van der Waals surface area contributed by atoms with Crippen molar-refractivity contribution in [2.75, 3.05) is 0 Å². The van der Waals surface area contributed by atoms with Gasteiger partial charge in [0.05, 0.1) is 12.1 Å². The highest BCUT2D eigenvalue weighted by Gasteiger charge is 2.09. The number of nitrogens with zero attached hydrogens (tertiary/aromatic N) is 2. The number of fused-ring (bicyclic) bond motifs is 1. The van der Waals surface area contributed by atoms with Gasteiger partial charge in [-0.2, -0.15) is 5.26 Å². The van der Waals surface area contributed by atoms with E-state index in [9.17, 15) is 4.39 Å². The van der Waals surface area contributed by atoms with E-state index in [4.69, 9.17) is 11.0 Å². The highest BCUT2D eigenvalue weighted by atomic mass is 19.1. The van der Waals surface area contributed by atoms with Gasteiger partial charge in [-0.05, 0) is 35.2 Å². The van der Waals surface area contributed by atoms with E-state index >= 15 is 0 Å². The fourth-order valence-electron chi connectivity index (χ4n) is 2.49. The van der Waals surface area contributed by atoms with E-state index in [2.05, 4.69) is 0 Å². The summed E-state index contributed by atoms with van der Waals surface area (Å²) in [5.74, 6) is -0.444. The lowest BCUT2D eigenvalue weighted by molar-refractivity contribution is 0.598. The van der Waals surface area contributed by atoms with Crippen LogP contribution >= 0.6 is 0 Å². The third kappa shape index (κ3) is 2.39. The molecule has 3 nitrogen and oxygen atoms in total. The van der Waals surface area contributed by atoms with Crippen molar-refractivity contribution in [2.45, 2.75) is 13.1 Å². The van der Waals surface area contributed by atoms with Crippen LogP contribution < -0.4 is 5.73 Å². The fraction of sp³-hybridized carbons (Fsp3) is 0.118. The molecular weight excluding hydrogens is 265 g/mol. The summed E-state index contributed by atoms with van der Waals surface area (Å²) in [6, 6.07) is 14.7. The summed E-state index contributed by atoms with van der Waals surface area (Å²) >= 11 is 0. The summed E-state index contributed by atoms with van der Waals surface area (Å²) in [6.45, 7) is 0.896. The van der Waals surface area contributed by atoms with E-state index in [0.29, 0.717) is 18.7 Å². The molecule has 0 aliphatic heterocycles. The molecule has 0 radical (unpaired) electrons. The minimum atomic E-state index is -0.444. The van der Waals surface area contributed by atoms with Crippen molar-refractivity contribution in [2.24, 2.45) is 5.73 Å². The number of benzene rings is 2. The molecule has 21 heavy (non-hydrogen) atoms. The summed E-state index contributed by atoms with van der Waals surface area (Å²) in [4.78, 5) is 0. The third-order valence-electron chi connectivity index (χ3n) is 3.61. The van der Waals surface area contributed by atoms with Crippen LogP contribution in [0.25, 0.3) is 10.9 Å². The van der Waals surface area contributed by atoms with Gasteiger partial charge in [-0.1, -0.05) is 18.2 Å². The zero-order valence-corrected chi connectivity index (χ0v) is 11.4. The first-order valence-electron chi connectivity index (χ1n) is 6.68. The van der Waals surface area contributed by atoms with Gasteiger partial charge in [-0.3, -0.25) is 0 Å². The fourth-order valence-corrected chi connectivity index (χ4v) is 2.49. The molecule has 0 fully saturated rings. The van der Waals surface area contributed by atoms with Crippen molar-refractivity contribution in [1.82, 2.24) is 4.57 Å². The number of aromatic nitrogens is 1. The Balaban J connectivity index is 2.01. The molecule has 0 saturated carbocycles. The number of halogens is 1. The van der Waals surface area contributed by atoms with Crippen molar-refractivity contribution in [3.05, 3.63) is 71.2 Å². The van der Waals surface area contributed by atoms with Crippen molar-refractivity contribution in [3.8, 4) is 6.07 Å². The van der Waals surface area contributed by atoms with E-state index in [1.54, 1.807) is 12.1 Å². The monoisotopic (exact) mass is 279 g/mol. The SMILES string of the molecule is N#Cc1cccc(Cn2ccc3cc(CN)ccc32)c1F. The minimum absolute atomic E-state index is 0.0781. The molecule has 0 spiro atoms. The molecule has 0 unspecified atom stereocenters. The smallest absolute Gasteiger partial charge is 0.145 e. The van der Waals surface area contributed by atoms with Crippen molar-refractivity contribution < 1.29 is 4.39 Å². The number of rotatable bonds is 3. The zero-order chi connectivity index (χ0) is 14.8. The van der Waals surface area contributed by atoms with Gasteiger partial charge in [0.1, 0.15) is 11.9 Å². The Morgan fingerprint density at radius 1 is 1.19 bits per heavy atom. The Kier molecular flexibility index (Phi) is 3.43. The third-order valence-corrected chi connectivity index (χ3v) is 3.61. The Hall–Kier alpha value is -2.64. The standard InChI is InChI=1S/C17H14FN3/c18-17-14(10-20)2-1-3-15(17)11-21-7-6-13-8-12(9-19)4-5-16(13)21/h1-8H,9,11,19H2. The quantitative estimate of drug-likeness (QED) is 0.800. The molecular formula is C17H14FN3. The molecule has 0 aliphatic carbocycles. The van der Waals surface area contributed by atoms with Gasteiger partial charge >= 0.3 is 0 Å². The van der Waals surface area contributed by atoms with Gasteiger partial charge in [0.2, 0.25) is 0 Å². The van der Waals surface area contributed by atoms with Crippen LogP contribution in [0.15, 0.2) is 48.7 Å². The summed E-state index contributed by atoms with van der Waals surface area (Å²) in [5, 5.41) is 9.97. The summed E-state index contributed by atoms with van der Waals surface area (Å²) in [5.41, 5.74) is 8.31. The maximum Gasteiger partial charge on any atom is 0.145 e. The van der Waals surface area contributed by atoms with E-state index in [1.165, 1.54) is 6.07 Å². The molecule has 3 aromatic rings. The highest BCUT2D eigenvalue weighted by Crippen LogP contribution is 2.20. The Labute approximate surface area is 122 Å². The second-order valence-electron chi connectivity index (χ2n) is 4.93. The van der Waals surface area contributed by atoms with Gasteiger partial charge in [-0.15, -0.1) is 0 Å². The first-order valence-corrected chi connectivity index (χ1v) is 6.68. The molecule has 2 aromatic carbocycles.